The Morgan fingerprint density at radius 2 is 2.00 bits per heavy atom. The van der Waals surface area contributed by atoms with Gasteiger partial charge in [-0.1, -0.05) is 25.1 Å². The minimum atomic E-state index is 0.0192. The van der Waals surface area contributed by atoms with Crippen molar-refractivity contribution in [1.82, 2.24) is 10.2 Å². The fourth-order valence-electron chi connectivity index (χ4n) is 1.87. The number of para-hydroxylation sites is 1. The molecule has 1 aromatic carbocycles. The van der Waals surface area contributed by atoms with Gasteiger partial charge in [-0.05, 0) is 51.7 Å². The molecule has 0 heterocycles. The van der Waals surface area contributed by atoms with Crippen LogP contribution in [0.3, 0.4) is 0 Å². The number of hydrogen-bond donors (Lipinski definition) is 2. The lowest BCUT2D eigenvalue weighted by Gasteiger charge is -2.11. The van der Waals surface area contributed by atoms with E-state index in [1.807, 2.05) is 38.4 Å². The van der Waals surface area contributed by atoms with Crippen LogP contribution >= 0.6 is 0 Å². The van der Waals surface area contributed by atoms with Crippen molar-refractivity contribution in [2.75, 3.05) is 39.0 Å². The summed E-state index contributed by atoms with van der Waals surface area (Å²) in [5.74, 6) is 0.0192. The standard InChI is InChI=1S/C15H25N3O/c1-4-13-8-5-6-9-14(13)17-15(19)12-16-10-7-11-18(2)3/h5-6,8-9,16H,4,7,10-12H2,1-3H3,(H,17,19). The lowest BCUT2D eigenvalue weighted by Crippen LogP contribution is -2.30. The average Bonchev–Trinajstić information content (AvgIpc) is 2.38. The maximum Gasteiger partial charge on any atom is 0.238 e. The Bertz CT molecular complexity index is 391. The summed E-state index contributed by atoms with van der Waals surface area (Å²) in [7, 11) is 4.10. The van der Waals surface area contributed by atoms with Gasteiger partial charge in [0.05, 0.1) is 6.54 Å². The zero-order valence-corrected chi connectivity index (χ0v) is 12.2. The van der Waals surface area contributed by atoms with Gasteiger partial charge in [-0.15, -0.1) is 0 Å². The molecule has 106 valence electrons. The first-order valence-electron chi connectivity index (χ1n) is 6.86. The van der Waals surface area contributed by atoms with E-state index in [9.17, 15) is 4.79 Å². The van der Waals surface area contributed by atoms with E-state index in [0.29, 0.717) is 6.54 Å². The number of aryl methyl sites for hydroxylation is 1. The smallest absolute Gasteiger partial charge is 0.238 e. The van der Waals surface area contributed by atoms with Crippen LogP contribution in [0.15, 0.2) is 24.3 Å². The maximum absolute atomic E-state index is 11.8. The zero-order chi connectivity index (χ0) is 14.1. The predicted octanol–water partition coefficient (Wildman–Crippen LogP) is 1.73. The number of anilines is 1. The predicted molar refractivity (Wildman–Crippen MR) is 80.5 cm³/mol. The number of carbonyl (C=O) groups is 1. The van der Waals surface area contributed by atoms with Gasteiger partial charge in [0.15, 0.2) is 0 Å². The summed E-state index contributed by atoms with van der Waals surface area (Å²) in [5.41, 5.74) is 2.09. The number of carbonyl (C=O) groups excluding carboxylic acids is 1. The minimum Gasteiger partial charge on any atom is -0.325 e. The lowest BCUT2D eigenvalue weighted by atomic mass is 10.1. The quantitative estimate of drug-likeness (QED) is 0.702. The van der Waals surface area contributed by atoms with Crippen molar-refractivity contribution >= 4 is 11.6 Å². The second-order valence-electron chi connectivity index (χ2n) is 4.89. The van der Waals surface area contributed by atoms with E-state index in [4.69, 9.17) is 0 Å². The molecule has 19 heavy (non-hydrogen) atoms. The number of hydrogen-bond acceptors (Lipinski definition) is 3. The van der Waals surface area contributed by atoms with Crippen molar-refractivity contribution in [3.63, 3.8) is 0 Å². The van der Waals surface area contributed by atoms with Crippen molar-refractivity contribution < 1.29 is 4.79 Å². The van der Waals surface area contributed by atoms with E-state index in [0.717, 1.165) is 31.6 Å². The Hall–Kier alpha value is -1.39. The summed E-state index contributed by atoms with van der Waals surface area (Å²) in [5, 5.41) is 6.11. The monoisotopic (exact) mass is 263 g/mol. The Kier molecular flexibility index (Phi) is 7.15. The Morgan fingerprint density at radius 1 is 1.26 bits per heavy atom. The third-order valence-corrected chi connectivity index (χ3v) is 2.92. The van der Waals surface area contributed by atoms with E-state index in [-0.39, 0.29) is 5.91 Å². The first-order valence-corrected chi connectivity index (χ1v) is 6.86. The summed E-state index contributed by atoms with van der Waals surface area (Å²) in [4.78, 5) is 13.9. The third-order valence-electron chi connectivity index (χ3n) is 2.92. The molecular formula is C15H25N3O. The van der Waals surface area contributed by atoms with Crippen LogP contribution < -0.4 is 10.6 Å². The summed E-state index contributed by atoms with van der Waals surface area (Å²) in [6.45, 7) is 4.35. The Labute approximate surface area is 116 Å². The summed E-state index contributed by atoms with van der Waals surface area (Å²) in [6.07, 6.45) is 1.97. The first kappa shape index (κ1) is 15.7. The molecule has 4 nitrogen and oxygen atoms in total. The van der Waals surface area contributed by atoms with E-state index >= 15 is 0 Å². The SMILES string of the molecule is CCc1ccccc1NC(=O)CNCCCN(C)C. The van der Waals surface area contributed by atoms with E-state index < -0.39 is 0 Å². The highest BCUT2D eigenvalue weighted by atomic mass is 16.1. The van der Waals surface area contributed by atoms with E-state index in [1.54, 1.807) is 0 Å². The summed E-state index contributed by atoms with van der Waals surface area (Å²) < 4.78 is 0. The molecule has 2 N–H and O–H groups in total. The molecule has 0 atom stereocenters. The highest BCUT2D eigenvalue weighted by molar-refractivity contribution is 5.92. The second-order valence-corrected chi connectivity index (χ2v) is 4.89. The Balaban J connectivity index is 2.27. The molecule has 0 saturated heterocycles. The number of benzene rings is 1. The van der Waals surface area contributed by atoms with Crippen molar-refractivity contribution in [3.8, 4) is 0 Å². The largest absolute Gasteiger partial charge is 0.325 e. The molecule has 0 aromatic heterocycles. The van der Waals surface area contributed by atoms with Crippen molar-refractivity contribution in [3.05, 3.63) is 29.8 Å². The molecule has 1 amide bonds. The van der Waals surface area contributed by atoms with Crippen LogP contribution in [-0.2, 0) is 11.2 Å². The van der Waals surface area contributed by atoms with Gasteiger partial charge >= 0.3 is 0 Å². The molecule has 0 aliphatic heterocycles. The number of nitrogens with one attached hydrogen (secondary N) is 2. The van der Waals surface area contributed by atoms with Crippen molar-refractivity contribution in [2.45, 2.75) is 19.8 Å². The van der Waals surface area contributed by atoms with E-state index in [1.165, 1.54) is 5.56 Å². The maximum atomic E-state index is 11.8. The number of nitrogens with zero attached hydrogens (tertiary/aromatic N) is 1. The molecular weight excluding hydrogens is 238 g/mol. The van der Waals surface area contributed by atoms with E-state index in [2.05, 4.69) is 22.5 Å². The van der Waals surface area contributed by atoms with Gasteiger partial charge in [-0.25, -0.2) is 0 Å². The van der Waals surface area contributed by atoms with Crippen LogP contribution in [0, 0.1) is 0 Å². The molecule has 0 saturated carbocycles. The van der Waals surface area contributed by atoms with Gasteiger partial charge in [0.2, 0.25) is 5.91 Å². The highest BCUT2D eigenvalue weighted by Gasteiger charge is 2.04. The summed E-state index contributed by atoms with van der Waals surface area (Å²) in [6, 6.07) is 7.93. The fraction of sp³-hybridized carbons (Fsp3) is 0.533. The second kappa shape index (κ2) is 8.67. The van der Waals surface area contributed by atoms with Crippen LogP contribution in [-0.4, -0.2) is 44.5 Å². The van der Waals surface area contributed by atoms with Gasteiger partial charge < -0.3 is 15.5 Å². The molecule has 0 fully saturated rings. The van der Waals surface area contributed by atoms with Gasteiger partial charge in [-0.2, -0.15) is 0 Å². The normalized spacial score (nSPS) is 10.7. The average molecular weight is 263 g/mol. The van der Waals surface area contributed by atoms with Crippen molar-refractivity contribution in [1.29, 1.82) is 0 Å². The summed E-state index contributed by atoms with van der Waals surface area (Å²) >= 11 is 0. The third kappa shape index (κ3) is 6.36. The van der Waals surface area contributed by atoms with Crippen LogP contribution in [0.4, 0.5) is 5.69 Å². The minimum absolute atomic E-state index is 0.0192. The van der Waals surface area contributed by atoms with Crippen LogP contribution in [0.25, 0.3) is 0 Å². The molecule has 0 bridgehead atoms. The molecule has 1 rings (SSSR count). The number of amides is 1. The van der Waals surface area contributed by atoms with Crippen LogP contribution in [0.5, 0.6) is 0 Å². The first-order chi connectivity index (χ1) is 9.13. The van der Waals surface area contributed by atoms with Gasteiger partial charge in [0.25, 0.3) is 0 Å². The molecule has 0 spiro atoms. The molecule has 0 radical (unpaired) electrons. The van der Waals surface area contributed by atoms with Crippen LogP contribution in [0.1, 0.15) is 18.9 Å². The topological polar surface area (TPSA) is 44.4 Å². The Morgan fingerprint density at radius 3 is 2.68 bits per heavy atom. The van der Waals surface area contributed by atoms with Gasteiger partial charge in [0, 0.05) is 5.69 Å². The number of rotatable bonds is 8. The van der Waals surface area contributed by atoms with Crippen LogP contribution in [0.2, 0.25) is 0 Å². The molecule has 4 heteroatoms. The lowest BCUT2D eigenvalue weighted by molar-refractivity contribution is -0.115. The molecule has 1 aromatic rings. The molecule has 0 aliphatic rings. The highest BCUT2D eigenvalue weighted by Crippen LogP contribution is 2.14. The van der Waals surface area contributed by atoms with Gasteiger partial charge in [-0.3, -0.25) is 4.79 Å². The van der Waals surface area contributed by atoms with Crippen molar-refractivity contribution in [2.24, 2.45) is 0 Å². The fourth-order valence-corrected chi connectivity index (χ4v) is 1.87. The molecule has 0 unspecified atom stereocenters. The molecule has 0 aliphatic carbocycles. The zero-order valence-electron chi connectivity index (χ0n) is 12.2. The van der Waals surface area contributed by atoms with Gasteiger partial charge in [0.1, 0.15) is 0 Å².